The SMILES string of the molecule is CCNC(CCc1ccc(F)c(F)c1F)c1ccccc1. The minimum absolute atomic E-state index is 0.0590. The smallest absolute Gasteiger partial charge is 0.194 e. The molecule has 0 aromatic heterocycles. The van der Waals surface area contributed by atoms with Crippen LogP contribution in [0, 0.1) is 17.5 Å². The summed E-state index contributed by atoms with van der Waals surface area (Å²) in [6.07, 6.45) is 0.954. The van der Waals surface area contributed by atoms with Crippen LogP contribution in [0.5, 0.6) is 0 Å². The van der Waals surface area contributed by atoms with E-state index in [1.165, 1.54) is 6.07 Å². The van der Waals surface area contributed by atoms with Crippen molar-refractivity contribution in [3.05, 3.63) is 71.0 Å². The number of benzene rings is 2. The Morgan fingerprint density at radius 3 is 2.33 bits per heavy atom. The lowest BCUT2D eigenvalue weighted by atomic mass is 9.98. The molecule has 0 radical (unpaired) electrons. The summed E-state index contributed by atoms with van der Waals surface area (Å²) in [5.74, 6) is -3.63. The van der Waals surface area contributed by atoms with Gasteiger partial charge in [0, 0.05) is 6.04 Å². The summed E-state index contributed by atoms with van der Waals surface area (Å²) < 4.78 is 39.8. The standard InChI is InChI=1S/C17H18F3N/c1-2-21-15(12-6-4-3-5-7-12)11-9-13-8-10-14(18)17(20)16(13)19/h3-8,10,15,21H,2,9,11H2,1H3. The average Bonchev–Trinajstić information content (AvgIpc) is 2.51. The third-order valence-corrected chi connectivity index (χ3v) is 3.47. The van der Waals surface area contributed by atoms with Gasteiger partial charge in [0.2, 0.25) is 0 Å². The molecule has 1 atom stereocenters. The van der Waals surface area contributed by atoms with E-state index in [4.69, 9.17) is 0 Å². The molecule has 0 amide bonds. The van der Waals surface area contributed by atoms with E-state index in [9.17, 15) is 13.2 Å². The van der Waals surface area contributed by atoms with Crippen molar-refractivity contribution >= 4 is 0 Å². The van der Waals surface area contributed by atoms with Gasteiger partial charge < -0.3 is 5.32 Å². The van der Waals surface area contributed by atoms with Crippen molar-refractivity contribution in [2.75, 3.05) is 6.54 Å². The van der Waals surface area contributed by atoms with Crippen molar-refractivity contribution in [3.63, 3.8) is 0 Å². The van der Waals surface area contributed by atoms with Gasteiger partial charge in [-0.3, -0.25) is 0 Å². The largest absolute Gasteiger partial charge is 0.310 e. The molecule has 4 heteroatoms. The van der Waals surface area contributed by atoms with Crippen LogP contribution in [0.2, 0.25) is 0 Å². The normalized spacial score (nSPS) is 12.4. The first-order chi connectivity index (χ1) is 10.1. The van der Waals surface area contributed by atoms with Crippen molar-refractivity contribution in [2.24, 2.45) is 0 Å². The Bertz CT molecular complexity index is 584. The van der Waals surface area contributed by atoms with Crippen LogP contribution in [-0.2, 0) is 6.42 Å². The summed E-state index contributed by atoms with van der Waals surface area (Å²) in [6, 6.07) is 12.1. The quantitative estimate of drug-likeness (QED) is 0.779. The molecule has 2 rings (SSSR count). The molecule has 1 unspecified atom stereocenters. The minimum Gasteiger partial charge on any atom is -0.310 e. The zero-order valence-corrected chi connectivity index (χ0v) is 11.9. The first kappa shape index (κ1) is 15.6. The molecule has 0 saturated heterocycles. The molecule has 1 nitrogen and oxygen atoms in total. The molecular formula is C17H18F3N. The fourth-order valence-electron chi connectivity index (χ4n) is 2.38. The Kier molecular flexibility index (Phi) is 5.39. The van der Waals surface area contributed by atoms with Crippen LogP contribution in [0.15, 0.2) is 42.5 Å². The van der Waals surface area contributed by atoms with Gasteiger partial charge >= 0.3 is 0 Å². The van der Waals surface area contributed by atoms with E-state index >= 15 is 0 Å². The van der Waals surface area contributed by atoms with Gasteiger partial charge in [-0.25, -0.2) is 13.2 Å². The van der Waals surface area contributed by atoms with Gasteiger partial charge in [-0.2, -0.15) is 0 Å². The zero-order valence-electron chi connectivity index (χ0n) is 11.9. The van der Waals surface area contributed by atoms with E-state index in [1.807, 2.05) is 37.3 Å². The molecule has 1 N–H and O–H groups in total. The number of aryl methyl sites for hydroxylation is 1. The van der Waals surface area contributed by atoms with Gasteiger partial charge in [-0.1, -0.05) is 43.3 Å². The second-order valence-electron chi connectivity index (χ2n) is 4.89. The highest BCUT2D eigenvalue weighted by atomic mass is 19.2. The van der Waals surface area contributed by atoms with E-state index in [0.29, 0.717) is 12.8 Å². The van der Waals surface area contributed by atoms with Crippen LogP contribution in [0.25, 0.3) is 0 Å². The highest BCUT2D eigenvalue weighted by Crippen LogP contribution is 2.22. The highest BCUT2D eigenvalue weighted by molar-refractivity contribution is 5.22. The number of rotatable bonds is 6. The molecule has 0 fully saturated rings. The Hall–Kier alpha value is -1.81. The molecule has 2 aromatic carbocycles. The fourth-order valence-corrected chi connectivity index (χ4v) is 2.38. The lowest BCUT2D eigenvalue weighted by Crippen LogP contribution is -2.21. The van der Waals surface area contributed by atoms with Crippen molar-refractivity contribution in [3.8, 4) is 0 Å². The predicted molar refractivity (Wildman–Crippen MR) is 77.5 cm³/mol. The zero-order chi connectivity index (χ0) is 15.2. The van der Waals surface area contributed by atoms with Crippen LogP contribution >= 0.6 is 0 Å². The molecule has 0 saturated carbocycles. The third kappa shape index (κ3) is 3.85. The summed E-state index contributed by atoms with van der Waals surface area (Å²) >= 11 is 0. The summed E-state index contributed by atoms with van der Waals surface area (Å²) in [4.78, 5) is 0. The van der Waals surface area contributed by atoms with E-state index in [-0.39, 0.29) is 11.6 Å². The van der Waals surface area contributed by atoms with Gasteiger partial charge in [-0.05, 0) is 36.6 Å². The molecule has 0 spiro atoms. The van der Waals surface area contributed by atoms with Crippen LogP contribution in [0.3, 0.4) is 0 Å². The van der Waals surface area contributed by atoms with Crippen molar-refractivity contribution < 1.29 is 13.2 Å². The van der Waals surface area contributed by atoms with Crippen LogP contribution < -0.4 is 5.32 Å². The van der Waals surface area contributed by atoms with Crippen molar-refractivity contribution in [2.45, 2.75) is 25.8 Å². The average molecular weight is 293 g/mol. The first-order valence-corrected chi connectivity index (χ1v) is 7.04. The summed E-state index contributed by atoms with van der Waals surface area (Å²) in [5, 5.41) is 3.32. The lowest BCUT2D eigenvalue weighted by molar-refractivity contribution is 0.436. The van der Waals surface area contributed by atoms with Crippen LogP contribution in [-0.4, -0.2) is 6.54 Å². The second kappa shape index (κ2) is 7.27. The van der Waals surface area contributed by atoms with Crippen molar-refractivity contribution in [1.29, 1.82) is 0 Å². The Morgan fingerprint density at radius 2 is 1.67 bits per heavy atom. The molecule has 0 bridgehead atoms. The predicted octanol–water partition coefficient (Wildman–Crippen LogP) is 4.39. The van der Waals surface area contributed by atoms with Crippen LogP contribution in [0.1, 0.15) is 30.5 Å². The van der Waals surface area contributed by atoms with E-state index in [0.717, 1.165) is 18.2 Å². The van der Waals surface area contributed by atoms with E-state index < -0.39 is 17.5 Å². The van der Waals surface area contributed by atoms with Gasteiger partial charge in [-0.15, -0.1) is 0 Å². The molecule has 0 heterocycles. The van der Waals surface area contributed by atoms with Gasteiger partial charge in [0.05, 0.1) is 0 Å². The van der Waals surface area contributed by atoms with Crippen molar-refractivity contribution in [1.82, 2.24) is 5.32 Å². The highest BCUT2D eigenvalue weighted by Gasteiger charge is 2.15. The fraction of sp³-hybridized carbons (Fsp3) is 0.294. The Labute approximate surface area is 122 Å². The monoisotopic (exact) mass is 293 g/mol. The maximum absolute atomic E-state index is 13.7. The van der Waals surface area contributed by atoms with Gasteiger partial charge in [0.1, 0.15) is 0 Å². The Balaban J connectivity index is 2.11. The Morgan fingerprint density at radius 1 is 0.952 bits per heavy atom. The van der Waals surface area contributed by atoms with Gasteiger partial charge in [0.15, 0.2) is 17.5 Å². The van der Waals surface area contributed by atoms with E-state index in [2.05, 4.69) is 5.32 Å². The maximum atomic E-state index is 13.7. The molecule has 0 aliphatic carbocycles. The van der Waals surface area contributed by atoms with Gasteiger partial charge in [0.25, 0.3) is 0 Å². The topological polar surface area (TPSA) is 12.0 Å². The summed E-state index contributed by atoms with van der Waals surface area (Å²) in [7, 11) is 0. The maximum Gasteiger partial charge on any atom is 0.194 e. The summed E-state index contributed by atoms with van der Waals surface area (Å²) in [5.41, 5.74) is 1.30. The molecular weight excluding hydrogens is 275 g/mol. The number of hydrogen-bond acceptors (Lipinski definition) is 1. The molecule has 2 aromatic rings. The molecule has 21 heavy (non-hydrogen) atoms. The number of hydrogen-bond donors (Lipinski definition) is 1. The van der Waals surface area contributed by atoms with Crippen LogP contribution in [0.4, 0.5) is 13.2 Å². The third-order valence-electron chi connectivity index (χ3n) is 3.47. The molecule has 0 aliphatic heterocycles. The lowest BCUT2D eigenvalue weighted by Gasteiger charge is -2.18. The second-order valence-corrected chi connectivity index (χ2v) is 4.89. The number of halogens is 3. The molecule has 0 aliphatic rings. The first-order valence-electron chi connectivity index (χ1n) is 7.04. The summed E-state index contributed by atoms with van der Waals surface area (Å²) in [6.45, 7) is 2.77. The molecule has 112 valence electrons. The number of nitrogens with one attached hydrogen (secondary N) is 1. The van der Waals surface area contributed by atoms with E-state index in [1.54, 1.807) is 0 Å². The minimum atomic E-state index is -1.40.